The Labute approximate surface area is 174 Å². The summed E-state index contributed by atoms with van der Waals surface area (Å²) in [7, 11) is -2.05. The monoisotopic (exact) mass is 429 g/mol. The number of thiazole rings is 1. The molecule has 1 aromatic heterocycles. The SMILES string of the molecule is CNS(=O)(=O)c1ccc(CCC(=O)N2CCCC2c2nc3ccccc3s2)cc1. The van der Waals surface area contributed by atoms with Crippen LogP contribution in [0.4, 0.5) is 0 Å². The molecular formula is C21H23N3O3S2. The zero-order valence-corrected chi connectivity index (χ0v) is 17.8. The van der Waals surface area contributed by atoms with Gasteiger partial charge in [-0.25, -0.2) is 18.1 Å². The fraction of sp³-hybridized carbons (Fsp3) is 0.333. The maximum absolute atomic E-state index is 12.9. The molecule has 1 amide bonds. The molecule has 0 aliphatic carbocycles. The van der Waals surface area contributed by atoms with Crippen LogP contribution in [0.1, 0.15) is 35.9 Å². The van der Waals surface area contributed by atoms with Crippen molar-refractivity contribution in [2.75, 3.05) is 13.6 Å². The van der Waals surface area contributed by atoms with Crippen LogP contribution < -0.4 is 4.72 Å². The largest absolute Gasteiger partial charge is 0.333 e. The Balaban J connectivity index is 1.42. The van der Waals surface area contributed by atoms with Crippen molar-refractivity contribution in [1.82, 2.24) is 14.6 Å². The Morgan fingerprint density at radius 3 is 2.69 bits per heavy atom. The number of hydrogen-bond donors (Lipinski definition) is 1. The van der Waals surface area contributed by atoms with Gasteiger partial charge in [0.05, 0.1) is 21.2 Å². The molecule has 0 radical (unpaired) electrons. The Morgan fingerprint density at radius 1 is 1.21 bits per heavy atom. The zero-order chi connectivity index (χ0) is 20.4. The number of rotatable bonds is 6. The molecule has 1 aliphatic rings. The summed E-state index contributed by atoms with van der Waals surface area (Å²) in [5.41, 5.74) is 1.94. The summed E-state index contributed by atoms with van der Waals surface area (Å²) in [4.78, 5) is 19.8. The second kappa shape index (κ2) is 8.22. The number of fused-ring (bicyclic) bond motifs is 1. The lowest BCUT2D eigenvalue weighted by Crippen LogP contribution is -2.30. The molecule has 1 aliphatic heterocycles. The number of aromatic nitrogens is 1. The van der Waals surface area contributed by atoms with Crippen molar-refractivity contribution in [3.05, 3.63) is 59.1 Å². The molecular weight excluding hydrogens is 406 g/mol. The van der Waals surface area contributed by atoms with Crippen LogP contribution in [0.2, 0.25) is 0 Å². The Bertz CT molecular complexity index is 1090. The third-order valence-corrected chi connectivity index (χ3v) is 7.87. The minimum Gasteiger partial charge on any atom is -0.333 e. The predicted molar refractivity (Wildman–Crippen MR) is 114 cm³/mol. The molecule has 0 saturated carbocycles. The van der Waals surface area contributed by atoms with Gasteiger partial charge in [-0.1, -0.05) is 24.3 Å². The number of aryl methyl sites for hydroxylation is 1. The van der Waals surface area contributed by atoms with Gasteiger partial charge in [-0.2, -0.15) is 0 Å². The first kappa shape index (κ1) is 20.0. The van der Waals surface area contributed by atoms with Crippen LogP contribution in [0, 0.1) is 0 Å². The maximum atomic E-state index is 12.9. The van der Waals surface area contributed by atoms with Crippen LogP contribution in [-0.2, 0) is 21.2 Å². The molecule has 29 heavy (non-hydrogen) atoms. The number of nitrogens with zero attached hydrogens (tertiary/aromatic N) is 2. The first-order chi connectivity index (χ1) is 14.0. The molecule has 1 atom stereocenters. The van der Waals surface area contributed by atoms with Crippen LogP contribution in [0.3, 0.4) is 0 Å². The maximum Gasteiger partial charge on any atom is 0.240 e. The molecule has 2 heterocycles. The third kappa shape index (κ3) is 4.19. The van der Waals surface area contributed by atoms with E-state index in [1.807, 2.05) is 23.1 Å². The van der Waals surface area contributed by atoms with E-state index in [0.717, 1.165) is 40.2 Å². The van der Waals surface area contributed by atoms with Gasteiger partial charge in [0, 0.05) is 13.0 Å². The molecule has 1 N–H and O–H groups in total. The Hall–Kier alpha value is -2.29. The van der Waals surface area contributed by atoms with E-state index in [1.54, 1.807) is 35.6 Å². The van der Waals surface area contributed by atoms with Gasteiger partial charge in [-0.3, -0.25) is 4.79 Å². The van der Waals surface area contributed by atoms with Crippen molar-refractivity contribution >= 4 is 37.5 Å². The van der Waals surface area contributed by atoms with Crippen LogP contribution in [0.5, 0.6) is 0 Å². The standard InChI is InChI=1S/C21H23N3O3S2/c1-22-29(26,27)16-11-8-15(9-12-16)10-13-20(25)24-14-4-6-18(24)21-23-17-5-2-3-7-19(17)28-21/h2-3,5,7-9,11-12,18,22H,4,6,10,13-14H2,1H3. The van der Waals surface area contributed by atoms with Crippen molar-refractivity contribution in [2.24, 2.45) is 0 Å². The number of hydrogen-bond acceptors (Lipinski definition) is 5. The van der Waals surface area contributed by atoms with Gasteiger partial charge < -0.3 is 4.90 Å². The topological polar surface area (TPSA) is 79.4 Å². The summed E-state index contributed by atoms with van der Waals surface area (Å²) < 4.78 is 27.1. The van der Waals surface area contributed by atoms with E-state index in [-0.39, 0.29) is 16.8 Å². The second-order valence-corrected chi connectivity index (χ2v) is 10.1. The van der Waals surface area contributed by atoms with E-state index in [1.165, 1.54) is 7.05 Å². The van der Waals surface area contributed by atoms with Crippen molar-refractivity contribution in [1.29, 1.82) is 0 Å². The molecule has 1 unspecified atom stereocenters. The summed E-state index contributed by atoms with van der Waals surface area (Å²) in [5, 5.41) is 1.01. The lowest BCUT2D eigenvalue weighted by atomic mass is 10.1. The molecule has 1 saturated heterocycles. The third-order valence-electron chi connectivity index (χ3n) is 5.30. The van der Waals surface area contributed by atoms with Gasteiger partial charge in [0.25, 0.3) is 0 Å². The first-order valence-corrected chi connectivity index (χ1v) is 12.0. The summed E-state index contributed by atoms with van der Waals surface area (Å²) in [6.45, 7) is 0.763. The molecule has 0 spiro atoms. The van der Waals surface area contributed by atoms with E-state index in [0.29, 0.717) is 12.8 Å². The quantitative estimate of drug-likeness (QED) is 0.650. The van der Waals surface area contributed by atoms with E-state index < -0.39 is 10.0 Å². The molecule has 6 nitrogen and oxygen atoms in total. The fourth-order valence-electron chi connectivity index (χ4n) is 3.70. The van der Waals surface area contributed by atoms with Crippen LogP contribution >= 0.6 is 11.3 Å². The van der Waals surface area contributed by atoms with Crippen molar-refractivity contribution in [3.8, 4) is 0 Å². The van der Waals surface area contributed by atoms with E-state index in [2.05, 4.69) is 10.8 Å². The minimum atomic E-state index is -3.44. The van der Waals surface area contributed by atoms with E-state index >= 15 is 0 Å². The summed E-state index contributed by atoms with van der Waals surface area (Å²) in [6, 6.07) is 14.8. The fourth-order valence-corrected chi connectivity index (χ4v) is 5.55. The van der Waals surface area contributed by atoms with Gasteiger partial charge in [-0.05, 0) is 56.1 Å². The summed E-state index contributed by atoms with van der Waals surface area (Å²) in [5.74, 6) is 0.124. The highest BCUT2D eigenvalue weighted by molar-refractivity contribution is 7.89. The number of nitrogens with one attached hydrogen (secondary N) is 1. The van der Waals surface area contributed by atoms with E-state index in [4.69, 9.17) is 4.98 Å². The Morgan fingerprint density at radius 2 is 1.97 bits per heavy atom. The highest BCUT2D eigenvalue weighted by Gasteiger charge is 2.31. The average Bonchev–Trinajstić information content (AvgIpc) is 3.39. The lowest BCUT2D eigenvalue weighted by molar-refractivity contribution is -0.132. The van der Waals surface area contributed by atoms with Crippen LogP contribution in [-0.4, -0.2) is 37.8 Å². The predicted octanol–water partition coefficient (Wildman–Crippen LogP) is 3.50. The normalized spacial score (nSPS) is 17.1. The van der Waals surface area contributed by atoms with Crippen molar-refractivity contribution in [2.45, 2.75) is 36.6 Å². The number of amides is 1. The Kier molecular flexibility index (Phi) is 5.67. The van der Waals surface area contributed by atoms with Gasteiger partial charge in [0.1, 0.15) is 5.01 Å². The van der Waals surface area contributed by atoms with Gasteiger partial charge in [-0.15, -0.1) is 11.3 Å². The molecule has 1 fully saturated rings. The highest BCUT2D eigenvalue weighted by atomic mass is 32.2. The number of carbonyl (C=O) groups excluding carboxylic acids is 1. The smallest absolute Gasteiger partial charge is 0.240 e. The molecule has 3 aromatic rings. The summed E-state index contributed by atoms with van der Waals surface area (Å²) in [6.07, 6.45) is 2.92. The van der Waals surface area contributed by atoms with E-state index in [9.17, 15) is 13.2 Å². The number of benzene rings is 2. The minimum absolute atomic E-state index is 0.0584. The number of para-hydroxylation sites is 1. The zero-order valence-electron chi connectivity index (χ0n) is 16.2. The highest BCUT2D eigenvalue weighted by Crippen LogP contribution is 2.36. The van der Waals surface area contributed by atoms with Gasteiger partial charge >= 0.3 is 0 Å². The lowest BCUT2D eigenvalue weighted by Gasteiger charge is -2.23. The molecule has 4 rings (SSSR count). The number of carbonyl (C=O) groups is 1. The average molecular weight is 430 g/mol. The van der Waals surface area contributed by atoms with Crippen molar-refractivity contribution in [3.63, 3.8) is 0 Å². The van der Waals surface area contributed by atoms with Gasteiger partial charge in [0.15, 0.2) is 0 Å². The first-order valence-electron chi connectivity index (χ1n) is 9.65. The number of likely N-dealkylation sites (tertiary alicyclic amines) is 1. The second-order valence-electron chi connectivity index (χ2n) is 7.12. The molecule has 0 bridgehead atoms. The van der Waals surface area contributed by atoms with Crippen LogP contribution in [0.15, 0.2) is 53.4 Å². The number of sulfonamides is 1. The molecule has 152 valence electrons. The van der Waals surface area contributed by atoms with Crippen molar-refractivity contribution < 1.29 is 13.2 Å². The van der Waals surface area contributed by atoms with Crippen LogP contribution in [0.25, 0.3) is 10.2 Å². The molecule has 2 aromatic carbocycles. The van der Waals surface area contributed by atoms with Gasteiger partial charge in [0.2, 0.25) is 15.9 Å². The summed E-state index contributed by atoms with van der Waals surface area (Å²) >= 11 is 1.67. The molecule has 8 heteroatoms.